The van der Waals surface area contributed by atoms with Gasteiger partial charge in [0.1, 0.15) is 23.2 Å². The number of pyridine rings is 1. The van der Waals surface area contributed by atoms with E-state index in [2.05, 4.69) is 15.2 Å². The third-order valence-corrected chi connectivity index (χ3v) is 5.45. The van der Waals surface area contributed by atoms with Gasteiger partial charge in [-0.15, -0.1) is 0 Å². The van der Waals surface area contributed by atoms with Crippen LogP contribution in [-0.4, -0.2) is 43.7 Å². The Bertz CT molecular complexity index is 1170. The number of hydrogen-bond donors (Lipinski definition) is 2. The summed E-state index contributed by atoms with van der Waals surface area (Å²) in [5.74, 6) is 1.51. The van der Waals surface area contributed by atoms with Gasteiger partial charge >= 0.3 is 0 Å². The minimum Gasteiger partial charge on any atom is -0.391 e. The second-order valence-corrected chi connectivity index (χ2v) is 7.47. The lowest BCUT2D eigenvalue weighted by molar-refractivity contribution is 0.198. The van der Waals surface area contributed by atoms with Crippen LogP contribution in [0.3, 0.4) is 0 Å². The van der Waals surface area contributed by atoms with E-state index in [9.17, 15) is 5.11 Å². The smallest absolute Gasteiger partial charge is 0.166 e. The van der Waals surface area contributed by atoms with Gasteiger partial charge in [0.15, 0.2) is 11.5 Å². The van der Waals surface area contributed by atoms with Crippen LogP contribution in [-0.2, 0) is 0 Å². The highest BCUT2D eigenvalue weighted by Gasteiger charge is 2.22. The summed E-state index contributed by atoms with van der Waals surface area (Å²) >= 11 is 6.38. The van der Waals surface area contributed by atoms with E-state index in [-0.39, 0.29) is 6.10 Å². The molecule has 1 saturated heterocycles. The number of anilines is 3. The molecule has 0 saturated carbocycles. The molecule has 4 aromatic rings. The molecule has 1 atom stereocenters. The average molecular weight is 395 g/mol. The van der Waals surface area contributed by atoms with Crippen LogP contribution < -0.4 is 10.2 Å². The van der Waals surface area contributed by atoms with Gasteiger partial charge in [0.2, 0.25) is 0 Å². The lowest BCUT2D eigenvalue weighted by Crippen LogP contribution is -2.22. The number of benzene rings is 1. The third-order valence-electron chi connectivity index (χ3n) is 5.13. The highest BCUT2D eigenvalue weighted by atomic mass is 35.5. The number of fused-ring (bicyclic) bond motifs is 3. The number of aromatic nitrogens is 4. The summed E-state index contributed by atoms with van der Waals surface area (Å²) in [6.07, 6.45) is 3.96. The number of halogens is 1. The maximum absolute atomic E-state index is 9.82. The van der Waals surface area contributed by atoms with Crippen molar-refractivity contribution in [1.29, 1.82) is 0 Å². The predicted molar refractivity (Wildman–Crippen MR) is 111 cm³/mol. The Kier molecular flexibility index (Phi) is 4.07. The topological polar surface area (TPSA) is 78.6 Å². The molecule has 0 aliphatic carbocycles. The normalized spacial score (nSPS) is 17.0. The van der Waals surface area contributed by atoms with Crippen LogP contribution in [0.25, 0.3) is 16.7 Å². The molecular formula is C20H19ClN6O. The largest absolute Gasteiger partial charge is 0.391 e. The molecule has 0 bridgehead atoms. The number of aryl methyl sites for hydroxylation is 1. The van der Waals surface area contributed by atoms with Crippen molar-refractivity contribution in [3.8, 4) is 0 Å². The first-order valence-electron chi connectivity index (χ1n) is 9.18. The van der Waals surface area contributed by atoms with Gasteiger partial charge in [0.25, 0.3) is 0 Å². The molecule has 5 rings (SSSR count). The highest BCUT2D eigenvalue weighted by Crippen LogP contribution is 2.31. The fraction of sp³-hybridized carbons (Fsp3) is 0.250. The molecule has 0 unspecified atom stereocenters. The average Bonchev–Trinajstić information content (AvgIpc) is 3.34. The van der Waals surface area contributed by atoms with E-state index >= 15 is 0 Å². The molecule has 0 radical (unpaired) electrons. The van der Waals surface area contributed by atoms with Crippen molar-refractivity contribution in [1.82, 2.24) is 19.4 Å². The van der Waals surface area contributed by atoms with Gasteiger partial charge in [-0.25, -0.2) is 15.0 Å². The van der Waals surface area contributed by atoms with Gasteiger partial charge in [0.05, 0.1) is 23.0 Å². The maximum atomic E-state index is 9.82. The van der Waals surface area contributed by atoms with E-state index < -0.39 is 0 Å². The number of para-hydroxylation sites is 1. The Balaban J connectivity index is 1.62. The van der Waals surface area contributed by atoms with Gasteiger partial charge in [-0.3, -0.25) is 4.40 Å². The van der Waals surface area contributed by atoms with E-state index in [0.29, 0.717) is 17.4 Å². The second kappa shape index (κ2) is 6.61. The van der Waals surface area contributed by atoms with Gasteiger partial charge < -0.3 is 15.3 Å². The standard InChI is InChI=1S/C20H19ClN6O/c1-12-3-2-4-14(21)18(12)25-19-16-9-22-11-27(16)20-15(23-19)5-6-17(24-20)26-8-7-13(28)10-26/h2-6,9,11,13,28H,7-8,10H2,1H3,(H,23,25)/t13-/m1/s1. The number of nitrogens with one attached hydrogen (secondary N) is 1. The van der Waals surface area contributed by atoms with E-state index in [4.69, 9.17) is 21.6 Å². The lowest BCUT2D eigenvalue weighted by atomic mass is 10.2. The third kappa shape index (κ3) is 2.83. The van der Waals surface area contributed by atoms with Crippen molar-refractivity contribution in [3.05, 3.63) is 53.4 Å². The van der Waals surface area contributed by atoms with Crippen LogP contribution >= 0.6 is 11.6 Å². The summed E-state index contributed by atoms with van der Waals surface area (Å²) in [5.41, 5.74) is 4.16. The van der Waals surface area contributed by atoms with Gasteiger partial charge in [-0.1, -0.05) is 23.7 Å². The van der Waals surface area contributed by atoms with Crippen molar-refractivity contribution in [2.45, 2.75) is 19.4 Å². The number of hydrogen-bond acceptors (Lipinski definition) is 6. The van der Waals surface area contributed by atoms with Crippen molar-refractivity contribution in [2.24, 2.45) is 0 Å². The number of rotatable bonds is 3. The Morgan fingerprint density at radius 1 is 1.21 bits per heavy atom. The molecule has 7 nitrogen and oxygen atoms in total. The van der Waals surface area contributed by atoms with Crippen molar-refractivity contribution >= 4 is 45.6 Å². The number of imidazole rings is 1. The molecule has 1 aliphatic rings. The molecular weight excluding hydrogens is 376 g/mol. The van der Waals surface area contributed by atoms with E-state index in [1.807, 2.05) is 41.7 Å². The summed E-state index contributed by atoms with van der Waals surface area (Å²) in [4.78, 5) is 16.0. The van der Waals surface area contributed by atoms with Gasteiger partial charge in [-0.2, -0.15) is 0 Å². The Morgan fingerprint density at radius 3 is 2.89 bits per heavy atom. The van der Waals surface area contributed by atoms with Crippen LogP contribution in [0.4, 0.5) is 17.3 Å². The number of β-amino-alcohol motifs (C(OH)–C–C–N with tert-alkyl or cyclic N) is 1. The minimum atomic E-state index is -0.297. The zero-order chi connectivity index (χ0) is 19.3. The molecule has 28 heavy (non-hydrogen) atoms. The van der Waals surface area contributed by atoms with E-state index in [0.717, 1.165) is 46.7 Å². The molecule has 1 aromatic carbocycles. The maximum Gasteiger partial charge on any atom is 0.166 e. The SMILES string of the molecule is Cc1cccc(Cl)c1Nc1nc2ccc(N3CC[C@@H](O)C3)nc2n2cncc12. The number of aliphatic hydroxyl groups excluding tert-OH is 1. The summed E-state index contributed by atoms with van der Waals surface area (Å²) in [6, 6.07) is 9.67. The Morgan fingerprint density at radius 2 is 2.11 bits per heavy atom. The van der Waals surface area contributed by atoms with E-state index in [1.54, 1.807) is 12.5 Å². The summed E-state index contributed by atoms with van der Waals surface area (Å²) < 4.78 is 1.92. The molecule has 142 valence electrons. The zero-order valence-electron chi connectivity index (χ0n) is 15.3. The van der Waals surface area contributed by atoms with E-state index in [1.165, 1.54) is 0 Å². The Hall–Kier alpha value is -2.90. The van der Waals surface area contributed by atoms with Crippen molar-refractivity contribution in [2.75, 3.05) is 23.3 Å². The predicted octanol–water partition coefficient (Wildman–Crippen LogP) is 3.55. The van der Waals surface area contributed by atoms with Crippen LogP contribution in [0.5, 0.6) is 0 Å². The van der Waals surface area contributed by atoms with Crippen LogP contribution in [0, 0.1) is 6.92 Å². The van der Waals surface area contributed by atoms with Gasteiger partial charge in [0, 0.05) is 13.1 Å². The van der Waals surface area contributed by atoms with Gasteiger partial charge in [-0.05, 0) is 37.1 Å². The molecule has 0 amide bonds. The molecule has 1 aliphatic heterocycles. The molecule has 0 spiro atoms. The quantitative estimate of drug-likeness (QED) is 0.553. The molecule has 2 N–H and O–H groups in total. The monoisotopic (exact) mass is 394 g/mol. The van der Waals surface area contributed by atoms with Crippen LogP contribution in [0.15, 0.2) is 42.9 Å². The zero-order valence-corrected chi connectivity index (χ0v) is 16.1. The minimum absolute atomic E-state index is 0.297. The Labute approximate surface area is 166 Å². The fourth-order valence-corrected chi connectivity index (χ4v) is 3.91. The molecule has 1 fully saturated rings. The lowest BCUT2D eigenvalue weighted by Gasteiger charge is -2.18. The number of nitrogens with zero attached hydrogens (tertiary/aromatic N) is 5. The molecule has 8 heteroatoms. The van der Waals surface area contributed by atoms with Crippen molar-refractivity contribution in [3.63, 3.8) is 0 Å². The van der Waals surface area contributed by atoms with Crippen LogP contribution in [0.1, 0.15) is 12.0 Å². The highest BCUT2D eigenvalue weighted by molar-refractivity contribution is 6.33. The van der Waals surface area contributed by atoms with Crippen molar-refractivity contribution < 1.29 is 5.11 Å². The summed E-state index contributed by atoms with van der Waals surface area (Å²) in [5, 5.41) is 13.8. The molecule has 4 heterocycles. The summed E-state index contributed by atoms with van der Waals surface area (Å²) in [7, 11) is 0. The summed E-state index contributed by atoms with van der Waals surface area (Å²) in [6.45, 7) is 3.40. The first kappa shape index (κ1) is 17.2. The first-order chi connectivity index (χ1) is 13.6. The fourth-order valence-electron chi connectivity index (χ4n) is 3.64. The second-order valence-electron chi connectivity index (χ2n) is 7.07. The van der Waals surface area contributed by atoms with Crippen LogP contribution in [0.2, 0.25) is 5.02 Å². The number of aliphatic hydroxyl groups is 1. The molecule has 3 aromatic heterocycles. The first-order valence-corrected chi connectivity index (χ1v) is 9.56.